The van der Waals surface area contributed by atoms with Crippen molar-refractivity contribution in [2.75, 3.05) is 50.1 Å². The van der Waals surface area contributed by atoms with E-state index in [4.69, 9.17) is 0 Å². The minimum atomic E-state index is -1.82. The lowest BCUT2D eigenvalue weighted by Crippen LogP contribution is -2.46. The predicted molar refractivity (Wildman–Crippen MR) is 102 cm³/mol. The van der Waals surface area contributed by atoms with Crippen molar-refractivity contribution in [3.63, 3.8) is 0 Å². The number of nitrogens with one attached hydrogen (secondary N) is 1. The number of carbonyl (C=O) groups excluding carboxylic acids is 1. The van der Waals surface area contributed by atoms with E-state index in [1.165, 1.54) is 0 Å². The number of anilines is 2. The molecule has 1 aliphatic heterocycles. The fourth-order valence-electron chi connectivity index (χ4n) is 3.26. The minimum absolute atomic E-state index is 0.237. The molecule has 1 amide bonds. The molecule has 9 heteroatoms. The van der Waals surface area contributed by atoms with Gasteiger partial charge < -0.3 is 19.9 Å². The van der Waals surface area contributed by atoms with Crippen LogP contribution in [-0.4, -0.2) is 50.6 Å². The van der Waals surface area contributed by atoms with E-state index in [0.29, 0.717) is 0 Å². The molecule has 1 fully saturated rings. The van der Waals surface area contributed by atoms with E-state index >= 15 is 0 Å². The van der Waals surface area contributed by atoms with Crippen LogP contribution in [0.5, 0.6) is 5.75 Å². The van der Waals surface area contributed by atoms with Gasteiger partial charge in [-0.1, -0.05) is 6.92 Å². The fourth-order valence-corrected chi connectivity index (χ4v) is 3.26. The van der Waals surface area contributed by atoms with E-state index < -0.39 is 40.5 Å². The third kappa shape index (κ3) is 4.14. The maximum absolute atomic E-state index is 14.1. The molecule has 1 saturated heterocycles. The van der Waals surface area contributed by atoms with Crippen LogP contribution in [0.1, 0.15) is 17.3 Å². The monoisotopic (exact) mass is 411 g/mol. The van der Waals surface area contributed by atoms with Gasteiger partial charge in [0, 0.05) is 37.6 Å². The van der Waals surface area contributed by atoms with Crippen molar-refractivity contribution in [1.82, 2.24) is 4.90 Å². The van der Waals surface area contributed by atoms with E-state index in [1.807, 2.05) is 0 Å². The van der Waals surface area contributed by atoms with Gasteiger partial charge in [-0.25, -0.2) is 8.78 Å². The highest BCUT2D eigenvalue weighted by molar-refractivity contribution is 6.04. The number of ether oxygens (including phenoxy) is 1. The van der Waals surface area contributed by atoms with Gasteiger partial charge in [-0.15, -0.1) is 0 Å². The maximum Gasteiger partial charge on any atom is 0.261 e. The van der Waals surface area contributed by atoms with Crippen molar-refractivity contribution in [2.45, 2.75) is 6.92 Å². The summed E-state index contributed by atoms with van der Waals surface area (Å²) in [6.07, 6.45) is 0. The number of nitrogens with zero attached hydrogens (tertiary/aromatic N) is 2. The minimum Gasteiger partial charge on any atom is -0.491 e. The van der Waals surface area contributed by atoms with Gasteiger partial charge in [0.2, 0.25) is 11.6 Å². The van der Waals surface area contributed by atoms with E-state index in [-0.39, 0.29) is 5.69 Å². The van der Waals surface area contributed by atoms with E-state index in [9.17, 15) is 22.4 Å². The average Bonchev–Trinajstić information content (AvgIpc) is 2.73. The molecular formula is C20H21F4N3O2. The Morgan fingerprint density at radius 1 is 0.966 bits per heavy atom. The largest absolute Gasteiger partial charge is 0.491 e. The molecule has 0 unspecified atom stereocenters. The summed E-state index contributed by atoms with van der Waals surface area (Å²) in [5.74, 6) is -9.68. The third-order valence-corrected chi connectivity index (χ3v) is 4.96. The number of likely N-dealkylation sites (N-methyl/N-ethyl adjacent to an activating group) is 1. The molecule has 0 radical (unpaired) electrons. The zero-order chi connectivity index (χ0) is 21.1. The molecule has 0 spiro atoms. The second-order valence-electron chi connectivity index (χ2n) is 6.59. The molecule has 1 heterocycles. The van der Waals surface area contributed by atoms with Crippen LogP contribution < -0.4 is 15.0 Å². The lowest BCUT2D eigenvalue weighted by Gasteiger charge is -2.35. The summed E-state index contributed by atoms with van der Waals surface area (Å²) in [5, 5.41) is 2.26. The van der Waals surface area contributed by atoms with E-state index in [0.717, 1.165) is 45.5 Å². The van der Waals surface area contributed by atoms with E-state index in [2.05, 4.69) is 26.8 Å². The number of halogens is 4. The Kier molecular flexibility index (Phi) is 6.26. The lowest BCUT2D eigenvalue weighted by atomic mass is 10.1. The van der Waals surface area contributed by atoms with Gasteiger partial charge in [-0.05, 0) is 30.8 Å². The Labute approximate surface area is 165 Å². The molecular weight excluding hydrogens is 390 g/mol. The number of hydrogen-bond acceptors (Lipinski definition) is 4. The Morgan fingerprint density at radius 2 is 1.52 bits per heavy atom. The Hall–Kier alpha value is -2.81. The Bertz CT molecular complexity index is 869. The molecule has 0 saturated carbocycles. The van der Waals surface area contributed by atoms with Crippen LogP contribution in [0.15, 0.2) is 24.3 Å². The summed E-state index contributed by atoms with van der Waals surface area (Å²) in [7, 11) is 0.865. The molecule has 1 aliphatic rings. The topological polar surface area (TPSA) is 44.8 Å². The number of benzene rings is 2. The van der Waals surface area contributed by atoms with Crippen molar-refractivity contribution >= 4 is 17.3 Å². The van der Waals surface area contributed by atoms with Crippen LogP contribution in [0.3, 0.4) is 0 Å². The van der Waals surface area contributed by atoms with Crippen molar-refractivity contribution in [3.8, 4) is 5.75 Å². The first-order valence-corrected chi connectivity index (χ1v) is 9.16. The maximum atomic E-state index is 14.1. The summed E-state index contributed by atoms with van der Waals surface area (Å²) in [6.45, 7) is 6.73. The Morgan fingerprint density at radius 3 is 2.00 bits per heavy atom. The van der Waals surface area contributed by atoms with Crippen LogP contribution in [0.25, 0.3) is 0 Å². The van der Waals surface area contributed by atoms with Crippen LogP contribution in [0.2, 0.25) is 0 Å². The Balaban J connectivity index is 1.75. The van der Waals surface area contributed by atoms with Crippen LogP contribution in [-0.2, 0) is 0 Å². The summed E-state index contributed by atoms with van der Waals surface area (Å²) in [5.41, 5.74) is -0.167. The molecule has 0 aliphatic carbocycles. The molecule has 156 valence electrons. The molecule has 5 nitrogen and oxygen atoms in total. The second kappa shape index (κ2) is 8.69. The standard InChI is InChI=1S/C20H21F4N3O2/c1-3-26-8-10-27(11-9-26)13-6-4-12(5-7-13)25-20(28)14-15(21)17(23)19(29-2)18(24)16(14)22/h4-7H,3,8-11H2,1-2H3,(H,25,28). The van der Waals surface area contributed by atoms with Gasteiger partial charge in [0.15, 0.2) is 17.4 Å². The molecule has 2 aromatic carbocycles. The zero-order valence-corrected chi connectivity index (χ0v) is 16.1. The lowest BCUT2D eigenvalue weighted by molar-refractivity contribution is 0.101. The van der Waals surface area contributed by atoms with Crippen molar-refractivity contribution in [2.24, 2.45) is 0 Å². The third-order valence-electron chi connectivity index (χ3n) is 4.96. The predicted octanol–water partition coefficient (Wildman–Crippen LogP) is 3.65. The van der Waals surface area contributed by atoms with Crippen LogP contribution in [0.4, 0.5) is 28.9 Å². The first-order valence-electron chi connectivity index (χ1n) is 9.16. The highest BCUT2D eigenvalue weighted by atomic mass is 19.2. The van der Waals surface area contributed by atoms with Gasteiger partial charge in [0.05, 0.1) is 7.11 Å². The molecule has 2 aromatic rings. The molecule has 0 atom stereocenters. The summed E-state index contributed by atoms with van der Waals surface area (Å²) in [4.78, 5) is 16.8. The van der Waals surface area contributed by atoms with Crippen molar-refractivity contribution < 1.29 is 27.1 Å². The fraction of sp³-hybridized carbons (Fsp3) is 0.350. The second-order valence-corrected chi connectivity index (χ2v) is 6.59. The number of hydrogen-bond donors (Lipinski definition) is 1. The molecule has 0 aromatic heterocycles. The normalized spacial score (nSPS) is 14.8. The van der Waals surface area contributed by atoms with Crippen molar-refractivity contribution in [3.05, 3.63) is 53.1 Å². The summed E-state index contributed by atoms with van der Waals surface area (Å²) >= 11 is 0. The number of piperazine rings is 1. The number of amides is 1. The van der Waals surface area contributed by atoms with Crippen LogP contribution >= 0.6 is 0 Å². The number of methoxy groups -OCH3 is 1. The SMILES string of the molecule is CCN1CCN(c2ccc(NC(=O)c3c(F)c(F)c(OC)c(F)c3F)cc2)CC1. The molecule has 0 bridgehead atoms. The quantitative estimate of drug-likeness (QED) is 0.603. The number of carbonyl (C=O) groups is 1. The van der Waals surface area contributed by atoms with Crippen LogP contribution in [0, 0.1) is 23.3 Å². The molecule has 1 N–H and O–H groups in total. The van der Waals surface area contributed by atoms with E-state index in [1.54, 1.807) is 24.3 Å². The average molecular weight is 411 g/mol. The van der Waals surface area contributed by atoms with Gasteiger partial charge in [0.25, 0.3) is 5.91 Å². The smallest absolute Gasteiger partial charge is 0.261 e. The van der Waals surface area contributed by atoms with Gasteiger partial charge >= 0.3 is 0 Å². The first-order chi connectivity index (χ1) is 13.9. The van der Waals surface area contributed by atoms with Gasteiger partial charge in [-0.2, -0.15) is 8.78 Å². The van der Waals surface area contributed by atoms with Crippen molar-refractivity contribution in [1.29, 1.82) is 0 Å². The summed E-state index contributed by atoms with van der Waals surface area (Å²) < 4.78 is 60.1. The highest BCUT2D eigenvalue weighted by Gasteiger charge is 2.30. The summed E-state index contributed by atoms with van der Waals surface area (Å²) in [6, 6.07) is 6.65. The zero-order valence-electron chi connectivity index (χ0n) is 16.1. The molecule has 3 rings (SSSR count). The van der Waals surface area contributed by atoms with Gasteiger partial charge in [0.1, 0.15) is 5.56 Å². The highest BCUT2D eigenvalue weighted by Crippen LogP contribution is 2.30. The number of rotatable bonds is 5. The molecule has 29 heavy (non-hydrogen) atoms. The first kappa shape index (κ1) is 20.9. The van der Waals surface area contributed by atoms with Gasteiger partial charge in [-0.3, -0.25) is 4.79 Å².